The highest BCUT2D eigenvalue weighted by Crippen LogP contribution is 2.28. The lowest BCUT2D eigenvalue weighted by Crippen LogP contribution is -2.22. The Kier molecular flexibility index (Phi) is 6.32. The summed E-state index contributed by atoms with van der Waals surface area (Å²) < 4.78 is 14.2. The molecule has 0 saturated heterocycles. The van der Waals surface area contributed by atoms with Crippen molar-refractivity contribution in [2.24, 2.45) is 0 Å². The second-order valence-electron chi connectivity index (χ2n) is 8.25. The lowest BCUT2D eigenvalue weighted by Gasteiger charge is -2.15. The Balaban J connectivity index is 1.24. The molecule has 0 aliphatic rings. The maximum atomic E-state index is 12.9. The summed E-state index contributed by atoms with van der Waals surface area (Å²) in [6.45, 7) is 5.33. The number of fused-ring (bicyclic) bond motifs is 3. The first-order valence-electron chi connectivity index (χ1n) is 11.5. The molecule has 0 radical (unpaired) electrons. The van der Waals surface area contributed by atoms with E-state index in [9.17, 15) is 4.79 Å². The lowest BCUT2D eigenvalue weighted by molar-refractivity contribution is 0.215. The van der Waals surface area contributed by atoms with E-state index < -0.39 is 0 Å². The molecule has 5 aromatic rings. The van der Waals surface area contributed by atoms with Crippen molar-refractivity contribution >= 4 is 33.4 Å². The van der Waals surface area contributed by atoms with Gasteiger partial charge in [-0.3, -0.25) is 4.79 Å². The van der Waals surface area contributed by atoms with Gasteiger partial charge in [-0.05, 0) is 59.9 Å². The van der Waals surface area contributed by atoms with Crippen LogP contribution >= 0.6 is 11.3 Å². The molecule has 0 aliphatic carbocycles. The number of ether oxygens (including phenoxy) is 2. The van der Waals surface area contributed by atoms with E-state index in [0.717, 1.165) is 34.5 Å². The molecular formula is C28H26N2O3S. The third kappa shape index (κ3) is 4.41. The third-order valence-electron chi connectivity index (χ3n) is 5.99. The fourth-order valence-electron chi connectivity index (χ4n) is 3.97. The Morgan fingerprint density at radius 1 is 0.971 bits per heavy atom. The Bertz CT molecular complexity index is 1540. The average Bonchev–Trinajstić information content (AvgIpc) is 3.38. The second-order valence-corrected chi connectivity index (χ2v) is 9.26. The number of rotatable bonds is 8. The molecule has 0 N–H and O–H groups in total. The van der Waals surface area contributed by atoms with Gasteiger partial charge in [0, 0.05) is 0 Å². The van der Waals surface area contributed by atoms with E-state index in [1.807, 2.05) is 66.7 Å². The number of hydrogen-bond donors (Lipinski definition) is 0. The average molecular weight is 471 g/mol. The highest BCUT2D eigenvalue weighted by molar-refractivity contribution is 7.15. The van der Waals surface area contributed by atoms with Crippen LogP contribution in [0.3, 0.4) is 0 Å². The first-order chi connectivity index (χ1) is 16.6. The molecule has 34 heavy (non-hydrogen) atoms. The van der Waals surface area contributed by atoms with Gasteiger partial charge in [-0.15, -0.1) is 0 Å². The molecule has 0 amide bonds. The van der Waals surface area contributed by atoms with Crippen molar-refractivity contribution in [3.8, 4) is 11.5 Å². The molecule has 5 nitrogen and oxygen atoms in total. The minimum absolute atomic E-state index is 0.0381. The van der Waals surface area contributed by atoms with Gasteiger partial charge in [-0.25, -0.2) is 9.38 Å². The van der Waals surface area contributed by atoms with Gasteiger partial charge in [0.15, 0.2) is 4.96 Å². The van der Waals surface area contributed by atoms with Crippen molar-refractivity contribution in [2.45, 2.75) is 26.2 Å². The summed E-state index contributed by atoms with van der Waals surface area (Å²) in [5.74, 6) is 2.15. The summed E-state index contributed by atoms with van der Waals surface area (Å²) in [5.41, 5.74) is 3.82. The maximum absolute atomic E-state index is 12.9. The molecular weight excluding hydrogens is 444 g/mol. The molecule has 2 heterocycles. The fourth-order valence-corrected chi connectivity index (χ4v) is 4.96. The molecule has 0 spiro atoms. The van der Waals surface area contributed by atoms with E-state index in [-0.39, 0.29) is 5.56 Å². The molecule has 3 aromatic carbocycles. The zero-order valence-corrected chi connectivity index (χ0v) is 20.0. The van der Waals surface area contributed by atoms with Crippen LogP contribution < -0.4 is 19.6 Å². The quantitative estimate of drug-likeness (QED) is 0.284. The standard InChI is InChI=1S/C28H26N2O3S/c1-3-19(2)22-8-4-7-11-25(22)33-17-16-32-21-14-12-20(13-15-21)18-26-27(31)30-24-10-6-5-9-23(24)29-28(30)34-26/h4-15,18-19H,3,16-17H2,1-2H3/b26-18-. The first kappa shape index (κ1) is 22.2. The Morgan fingerprint density at radius 3 is 2.53 bits per heavy atom. The van der Waals surface area contributed by atoms with Crippen LogP contribution in [0.25, 0.3) is 22.1 Å². The number of benzene rings is 3. The predicted octanol–water partition coefficient (Wildman–Crippen LogP) is 5.43. The predicted molar refractivity (Wildman–Crippen MR) is 138 cm³/mol. The van der Waals surface area contributed by atoms with Crippen molar-refractivity contribution in [3.05, 3.63) is 98.8 Å². The van der Waals surface area contributed by atoms with E-state index in [2.05, 4.69) is 31.0 Å². The minimum atomic E-state index is -0.0381. The van der Waals surface area contributed by atoms with Crippen molar-refractivity contribution in [2.75, 3.05) is 13.2 Å². The molecule has 0 bridgehead atoms. The number of nitrogens with zero attached hydrogens (tertiary/aromatic N) is 2. The van der Waals surface area contributed by atoms with Gasteiger partial charge in [-0.2, -0.15) is 0 Å². The Hall–Kier alpha value is -3.64. The van der Waals surface area contributed by atoms with Crippen molar-refractivity contribution in [1.29, 1.82) is 0 Å². The highest BCUT2D eigenvalue weighted by Gasteiger charge is 2.11. The van der Waals surface area contributed by atoms with Crippen LogP contribution in [0.2, 0.25) is 0 Å². The highest BCUT2D eigenvalue weighted by atomic mass is 32.1. The number of hydrogen-bond acceptors (Lipinski definition) is 5. The molecule has 0 saturated carbocycles. The van der Waals surface area contributed by atoms with Crippen LogP contribution in [0.5, 0.6) is 11.5 Å². The van der Waals surface area contributed by atoms with Gasteiger partial charge in [0.05, 0.1) is 15.6 Å². The number of thiazole rings is 1. The summed E-state index contributed by atoms with van der Waals surface area (Å²) in [6, 6.07) is 23.6. The van der Waals surface area contributed by atoms with Gasteiger partial charge in [0.2, 0.25) is 0 Å². The van der Waals surface area contributed by atoms with Crippen LogP contribution in [-0.2, 0) is 0 Å². The van der Waals surface area contributed by atoms with E-state index >= 15 is 0 Å². The maximum Gasteiger partial charge on any atom is 0.274 e. The van der Waals surface area contributed by atoms with Gasteiger partial charge in [0.1, 0.15) is 24.7 Å². The summed E-state index contributed by atoms with van der Waals surface area (Å²) in [4.78, 5) is 18.2. The Morgan fingerprint density at radius 2 is 1.71 bits per heavy atom. The lowest BCUT2D eigenvalue weighted by atomic mass is 9.98. The number of aromatic nitrogens is 2. The molecule has 0 fully saturated rings. The summed E-state index contributed by atoms with van der Waals surface area (Å²) in [6.07, 6.45) is 2.97. The van der Waals surface area contributed by atoms with E-state index in [4.69, 9.17) is 9.47 Å². The zero-order valence-electron chi connectivity index (χ0n) is 19.2. The molecule has 1 unspecified atom stereocenters. The number of para-hydroxylation sites is 3. The van der Waals surface area contributed by atoms with Crippen LogP contribution in [-0.4, -0.2) is 22.6 Å². The van der Waals surface area contributed by atoms with Crippen molar-refractivity contribution < 1.29 is 9.47 Å². The number of imidazole rings is 1. The molecule has 172 valence electrons. The van der Waals surface area contributed by atoms with E-state index in [0.29, 0.717) is 28.6 Å². The van der Waals surface area contributed by atoms with Gasteiger partial charge >= 0.3 is 0 Å². The zero-order chi connectivity index (χ0) is 23.5. The second kappa shape index (κ2) is 9.69. The first-order valence-corrected chi connectivity index (χ1v) is 12.3. The van der Waals surface area contributed by atoms with E-state index in [1.54, 1.807) is 4.40 Å². The largest absolute Gasteiger partial charge is 0.490 e. The van der Waals surface area contributed by atoms with Crippen molar-refractivity contribution in [1.82, 2.24) is 9.38 Å². The smallest absolute Gasteiger partial charge is 0.274 e. The monoisotopic (exact) mass is 470 g/mol. The summed E-state index contributed by atoms with van der Waals surface area (Å²) in [7, 11) is 0. The normalized spacial score (nSPS) is 12.9. The van der Waals surface area contributed by atoms with Crippen molar-refractivity contribution in [3.63, 3.8) is 0 Å². The molecule has 1 atom stereocenters. The van der Waals surface area contributed by atoms with Gasteiger partial charge in [0.25, 0.3) is 5.56 Å². The topological polar surface area (TPSA) is 52.8 Å². The fraction of sp³-hybridized carbons (Fsp3) is 0.214. The SMILES string of the molecule is CCC(C)c1ccccc1OCCOc1ccc(/C=c2\sc3nc4ccccc4n3c2=O)cc1. The molecule has 6 heteroatoms. The summed E-state index contributed by atoms with van der Waals surface area (Å²) in [5, 5.41) is 0. The van der Waals surface area contributed by atoms with Gasteiger partial charge in [-0.1, -0.05) is 67.6 Å². The van der Waals surface area contributed by atoms with Crippen LogP contribution in [0.1, 0.15) is 37.3 Å². The minimum Gasteiger partial charge on any atom is -0.490 e. The molecule has 2 aromatic heterocycles. The van der Waals surface area contributed by atoms with Crippen LogP contribution in [0.15, 0.2) is 77.6 Å². The molecule has 0 aliphatic heterocycles. The Labute approximate surface area is 201 Å². The van der Waals surface area contributed by atoms with Crippen LogP contribution in [0.4, 0.5) is 0 Å². The van der Waals surface area contributed by atoms with E-state index in [1.165, 1.54) is 16.9 Å². The van der Waals surface area contributed by atoms with Gasteiger partial charge < -0.3 is 9.47 Å². The molecule has 5 rings (SSSR count). The third-order valence-corrected chi connectivity index (χ3v) is 6.96. The summed E-state index contributed by atoms with van der Waals surface area (Å²) >= 11 is 1.40. The van der Waals surface area contributed by atoms with Crippen LogP contribution in [0, 0.1) is 0 Å².